The fourth-order valence-corrected chi connectivity index (χ4v) is 7.09. The van der Waals surface area contributed by atoms with Crippen molar-refractivity contribution in [1.29, 1.82) is 0 Å². The van der Waals surface area contributed by atoms with Crippen molar-refractivity contribution in [3.8, 4) is 0 Å². The Bertz CT molecular complexity index is 994. The molecular weight excluding hydrogens is 422 g/mol. The van der Waals surface area contributed by atoms with E-state index in [2.05, 4.69) is 10.6 Å². The maximum Gasteiger partial charge on any atom is 0.293 e. The van der Waals surface area contributed by atoms with Crippen LogP contribution < -0.4 is 10.6 Å². The van der Waals surface area contributed by atoms with Gasteiger partial charge in [-0.15, -0.1) is 0 Å². The standard InChI is InChI=1S/C21H29N3O6S/c1-31(29,30)16-2-3-17(18(7-16)24(27)28)22-4-5-23-19(25)12-20-8-14-6-15(9-20)11-21(26,10-14)13-20/h2-3,7,14-15,22,26H,4-6,8-13H2,1H3,(H,23,25). The molecule has 3 N–H and O–H groups in total. The number of hydrogen-bond donors (Lipinski definition) is 3. The fraction of sp³-hybridized carbons (Fsp3) is 0.667. The van der Waals surface area contributed by atoms with E-state index in [1.165, 1.54) is 18.6 Å². The summed E-state index contributed by atoms with van der Waals surface area (Å²) >= 11 is 0. The lowest BCUT2D eigenvalue weighted by atomic mass is 9.47. The summed E-state index contributed by atoms with van der Waals surface area (Å²) in [5.41, 5.74) is -0.814. The van der Waals surface area contributed by atoms with Crippen LogP contribution >= 0.6 is 0 Å². The third-order valence-electron chi connectivity index (χ3n) is 7.04. The van der Waals surface area contributed by atoms with Crippen LogP contribution in [-0.4, -0.2) is 49.3 Å². The fourth-order valence-electron chi connectivity index (χ4n) is 6.45. The van der Waals surface area contributed by atoms with Crippen molar-refractivity contribution in [3.05, 3.63) is 28.3 Å². The monoisotopic (exact) mass is 451 g/mol. The first-order valence-corrected chi connectivity index (χ1v) is 12.6. The highest BCUT2D eigenvalue weighted by molar-refractivity contribution is 7.90. The van der Waals surface area contributed by atoms with Gasteiger partial charge < -0.3 is 15.7 Å². The molecule has 4 aliphatic carbocycles. The summed E-state index contributed by atoms with van der Waals surface area (Å²) in [5, 5.41) is 27.9. The molecule has 0 radical (unpaired) electrons. The van der Waals surface area contributed by atoms with Gasteiger partial charge in [0.25, 0.3) is 5.69 Å². The number of carbonyl (C=O) groups is 1. The highest BCUT2D eigenvalue weighted by atomic mass is 32.2. The Morgan fingerprint density at radius 1 is 1.23 bits per heavy atom. The summed E-state index contributed by atoms with van der Waals surface area (Å²) in [6, 6.07) is 3.72. The highest BCUT2D eigenvalue weighted by Gasteiger charge is 2.57. The minimum absolute atomic E-state index is 0.0609. The highest BCUT2D eigenvalue weighted by Crippen LogP contribution is 2.62. The summed E-state index contributed by atoms with van der Waals surface area (Å²) < 4.78 is 23.3. The van der Waals surface area contributed by atoms with Gasteiger partial charge in [-0.25, -0.2) is 8.42 Å². The number of nitrogens with zero attached hydrogens (tertiary/aromatic N) is 1. The molecule has 0 aromatic heterocycles. The quantitative estimate of drug-likeness (QED) is 0.313. The summed E-state index contributed by atoms with van der Waals surface area (Å²) in [6.45, 7) is 0.560. The molecule has 4 saturated carbocycles. The van der Waals surface area contributed by atoms with E-state index in [1.54, 1.807) is 0 Å². The average Bonchev–Trinajstić information content (AvgIpc) is 2.61. The molecule has 1 aromatic carbocycles. The summed E-state index contributed by atoms with van der Waals surface area (Å²) in [4.78, 5) is 23.1. The van der Waals surface area contributed by atoms with Crippen LogP contribution in [0.2, 0.25) is 0 Å². The van der Waals surface area contributed by atoms with Crippen LogP contribution in [0.15, 0.2) is 23.1 Å². The van der Waals surface area contributed by atoms with E-state index in [0.717, 1.165) is 38.0 Å². The van der Waals surface area contributed by atoms with Crippen molar-refractivity contribution in [2.45, 2.75) is 55.4 Å². The Hall–Kier alpha value is -2.20. The normalized spacial score (nSPS) is 31.4. The lowest BCUT2D eigenvalue weighted by Crippen LogP contribution is -2.56. The predicted octanol–water partition coefficient (Wildman–Crippen LogP) is 2.25. The minimum Gasteiger partial charge on any atom is -0.390 e. The number of amides is 1. The number of nitro benzene ring substituents is 1. The molecule has 10 heteroatoms. The molecule has 9 nitrogen and oxygen atoms in total. The summed E-state index contributed by atoms with van der Waals surface area (Å²) in [5.74, 6) is 0.988. The topological polar surface area (TPSA) is 139 Å². The van der Waals surface area contributed by atoms with Crippen LogP contribution in [0.1, 0.15) is 44.9 Å². The van der Waals surface area contributed by atoms with Crippen LogP contribution in [0.3, 0.4) is 0 Å². The number of hydrogen-bond acceptors (Lipinski definition) is 7. The van der Waals surface area contributed by atoms with Crippen molar-refractivity contribution in [1.82, 2.24) is 5.32 Å². The molecule has 5 rings (SSSR count). The Balaban J connectivity index is 1.30. The number of sulfone groups is 1. The molecule has 4 bridgehead atoms. The molecule has 0 spiro atoms. The molecule has 1 amide bonds. The van der Waals surface area contributed by atoms with E-state index < -0.39 is 20.4 Å². The molecule has 0 heterocycles. The zero-order chi connectivity index (χ0) is 22.4. The lowest BCUT2D eigenvalue weighted by molar-refractivity contribution is -0.384. The number of aliphatic hydroxyl groups is 1. The SMILES string of the molecule is CS(=O)(=O)c1ccc(NCCNC(=O)CC23CC4CC(CC(O)(C4)C2)C3)c([N+](=O)[O-])c1. The maximum absolute atomic E-state index is 12.6. The van der Waals surface area contributed by atoms with Crippen molar-refractivity contribution in [3.63, 3.8) is 0 Å². The minimum atomic E-state index is -3.55. The number of carbonyl (C=O) groups excluding carboxylic acids is 1. The Labute approximate surface area is 181 Å². The van der Waals surface area contributed by atoms with Crippen molar-refractivity contribution in [2.24, 2.45) is 17.3 Å². The van der Waals surface area contributed by atoms with Crippen LogP contribution in [0, 0.1) is 27.4 Å². The van der Waals surface area contributed by atoms with Gasteiger partial charge in [-0.2, -0.15) is 0 Å². The first kappa shape index (κ1) is 22.0. The Morgan fingerprint density at radius 3 is 2.48 bits per heavy atom. The molecule has 1 aromatic rings. The number of rotatable bonds is 8. The van der Waals surface area contributed by atoms with Gasteiger partial charge in [0, 0.05) is 31.8 Å². The Morgan fingerprint density at radius 2 is 1.90 bits per heavy atom. The van der Waals surface area contributed by atoms with E-state index in [0.29, 0.717) is 24.7 Å². The Kier molecular flexibility index (Phi) is 5.49. The van der Waals surface area contributed by atoms with Crippen LogP contribution in [0.5, 0.6) is 0 Å². The molecule has 0 aliphatic heterocycles. The zero-order valence-corrected chi connectivity index (χ0v) is 18.4. The van der Waals surface area contributed by atoms with E-state index in [-0.39, 0.29) is 40.7 Å². The number of nitro groups is 1. The van der Waals surface area contributed by atoms with Crippen LogP contribution in [0.25, 0.3) is 0 Å². The molecule has 170 valence electrons. The van der Waals surface area contributed by atoms with Crippen LogP contribution in [0.4, 0.5) is 11.4 Å². The molecule has 2 atom stereocenters. The average molecular weight is 452 g/mol. The van der Waals surface area contributed by atoms with Crippen molar-refractivity contribution >= 4 is 27.1 Å². The van der Waals surface area contributed by atoms with Crippen molar-refractivity contribution in [2.75, 3.05) is 24.7 Å². The third-order valence-corrected chi connectivity index (χ3v) is 8.15. The second-order valence-corrected chi connectivity index (χ2v) is 11.9. The van der Waals surface area contributed by atoms with E-state index in [4.69, 9.17) is 0 Å². The van der Waals surface area contributed by atoms with Crippen LogP contribution in [-0.2, 0) is 14.6 Å². The molecule has 31 heavy (non-hydrogen) atoms. The lowest BCUT2D eigenvalue weighted by Gasteiger charge is -2.60. The molecule has 4 fully saturated rings. The molecule has 2 unspecified atom stereocenters. The first-order valence-electron chi connectivity index (χ1n) is 10.7. The number of anilines is 1. The number of benzene rings is 1. The molecule has 4 aliphatic rings. The van der Waals surface area contributed by atoms with Gasteiger partial charge in [0.1, 0.15) is 5.69 Å². The van der Waals surface area contributed by atoms with Crippen molar-refractivity contribution < 1.29 is 23.2 Å². The van der Waals surface area contributed by atoms with Gasteiger partial charge in [-0.05, 0) is 67.9 Å². The van der Waals surface area contributed by atoms with Gasteiger partial charge in [-0.1, -0.05) is 0 Å². The predicted molar refractivity (Wildman–Crippen MR) is 114 cm³/mol. The van der Waals surface area contributed by atoms with Gasteiger partial charge in [0.05, 0.1) is 15.4 Å². The molecule has 0 saturated heterocycles. The second kappa shape index (κ2) is 7.74. The largest absolute Gasteiger partial charge is 0.390 e. The number of nitrogens with one attached hydrogen (secondary N) is 2. The van der Waals surface area contributed by atoms with E-state index >= 15 is 0 Å². The van der Waals surface area contributed by atoms with E-state index in [9.17, 15) is 28.4 Å². The maximum atomic E-state index is 12.6. The second-order valence-electron chi connectivity index (χ2n) is 9.85. The van der Waals surface area contributed by atoms with Gasteiger partial charge in [0.2, 0.25) is 5.91 Å². The van der Waals surface area contributed by atoms with Gasteiger partial charge in [0.15, 0.2) is 9.84 Å². The van der Waals surface area contributed by atoms with Gasteiger partial charge >= 0.3 is 0 Å². The first-order chi connectivity index (χ1) is 14.5. The van der Waals surface area contributed by atoms with Gasteiger partial charge in [-0.3, -0.25) is 14.9 Å². The third kappa shape index (κ3) is 4.69. The summed E-state index contributed by atoms with van der Waals surface area (Å²) in [7, 11) is -3.55. The van der Waals surface area contributed by atoms with E-state index in [1.807, 2.05) is 0 Å². The summed E-state index contributed by atoms with van der Waals surface area (Å²) in [6.07, 6.45) is 7.04. The smallest absolute Gasteiger partial charge is 0.293 e. The zero-order valence-electron chi connectivity index (χ0n) is 17.6. The molecular formula is C21H29N3O6S.